The van der Waals surface area contributed by atoms with Crippen molar-refractivity contribution in [1.29, 1.82) is 0 Å². The van der Waals surface area contributed by atoms with Gasteiger partial charge >= 0.3 is 0 Å². The number of thiophene rings is 1. The summed E-state index contributed by atoms with van der Waals surface area (Å²) in [5.41, 5.74) is 3.83. The number of benzene rings is 1. The normalized spacial score (nSPS) is 10.5. The van der Waals surface area contributed by atoms with Crippen LogP contribution in [0.1, 0.15) is 21.6 Å². The van der Waals surface area contributed by atoms with E-state index in [9.17, 15) is 4.79 Å². The average molecular weight is 297 g/mol. The third-order valence-corrected chi connectivity index (χ3v) is 3.87. The molecule has 1 amide bonds. The van der Waals surface area contributed by atoms with Gasteiger partial charge in [-0.3, -0.25) is 4.79 Å². The van der Waals surface area contributed by atoms with Crippen molar-refractivity contribution in [1.82, 2.24) is 14.9 Å². The number of imidazole rings is 1. The van der Waals surface area contributed by atoms with Crippen LogP contribution in [0.2, 0.25) is 0 Å². The Labute approximate surface area is 127 Å². The molecule has 1 N–H and O–H groups in total. The SMILES string of the molecule is Cc1cn(-c2ccc(CNC(=O)c3ccsc3)cc2)cn1. The van der Waals surface area contributed by atoms with Crippen LogP contribution in [-0.2, 0) is 6.54 Å². The Hall–Kier alpha value is -2.40. The van der Waals surface area contributed by atoms with E-state index in [1.807, 2.05) is 58.8 Å². The van der Waals surface area contributed by atoms with Gasteiger partial charge in [-0.15, -0.1) is 0 Å². The number of rotatable bonds is 4. The minimum atomic E-state index is -0.0365. The van der Waals surface area contributed by atoms with Crippen LogP contribution in [0.4, 0.5) is 0 Å². The summed E-state index contributed by atoms with van der Waals surface area (Å²) in [7, 11) is 0. The van der Waals surface area contributed by atoms with Gasteiger partial charge in [0.1, 0.15) is 0 Å². The molecule has 106 valence electrons. The monoisotopic (exact) mass is 297 g/mol. The van der Waals surface area contributed by atoms with E-state index in [4.69, 9.17) is 0 Å². The molecule has 4 nitrogen and oxygen atoms in total. The second kappa shape index (κ2) is 5.93. The van der Waals surface area contributed by atoms with Crippen molar-refractivity contribution < 1.29 is 4.79 Å². The van der Waals surface area contributed by atoms with Crippen LogP contribution in [0, 0.1) is 6.92 Å². The predicted molar refractivity (Wildman–Crippen MR) is 83.8 cm³/mol. The molecule has 3 aromatic rings. The smallest absolute Gasteiger partial charge is 0.252 e. The van der Waals surface area contributed by atoms with Crippen LogP contribution in [0.15, 0.2) is 53.6 Å². The van der Waals surface area contributed by atoms with Crippen LogP contribution in [0.5, 0.6) is 0 Å². The summed E-state index contributed by atoms with van der Waals surface area (Å²) in [5.74, 6) is -0.0365. The minimum Gasteiger partial charge on any atom is -0.348 e. The quantitative estimate of drug-likeness (QED) is 0.804. The van der Waals surface area contributed by atoms with E-state index in [2.05, 4.69) is 10.3 Å². The third kappa shape index (κ3) is 3.20. The highest BCUT2D eigenvalue weighted by Crippen LogP contribution is 2.11. The van der Waals surface area contributed by atoms with E-state index >= 15 is 0 Å². The zero-order valence-electron chi connectivity index (χ0n) is 11.6. The number of nitrogens with zero attached hydrogens (tertiary/aromatic N) is 2. The van der Waals surface area contributed by atoms with Gasteiger partial charge in [0, 0.05) is 29.4 Å². The Morgan fingerprint density at radius 2 is 2.10 bits per heavy atom. The molecule has 0 bridgehead atoms. The Morgan fingerprint density at radius 3 is 2.71 bits per heavy atom. The fourth-order valence-electron chi connectivity index (χ4n) is 2.03. The Balaban J connectivity index is 1.63. The highest BCUT2D eigenvalue weighted by Gasteiger charge is 2.05. The maximum Gasteiger partial charge on any atom is 0.252 e. The van der Waals surface area contributed by atoms with Crippen LogP contribution in [-0.4, -0.2) is 15.5 Å². The first-order valence-electron chi connectivity index (χ1n) is 6.63. The van der Waals surface area contributed by atoms with E-state index in [1.165, 1.54) is 11.3 Å². The lowest BCUT2D eigenvalue weighted by Gasteiger charge is -2.06. The Bertz CT molecular complexity index is 729. The Kier molecular flexibility index (Phi) is 3.83. The van der Waals surface area contributed by atoms with Gasteiger partial charge in [-0.2, -0.15) is 11.3 Å². The van der Waals surface area contributed by atoms with E-state index in [0.29, 0.717) is 12.1 Å². The van der Waals surface area contributed by atoms with Crippen molar-refractivity contribution in [2.24, 2.45) is 0 Å². The van der Waals surface area contributed by atoms with Gasteiger partial charge in [0.05, 0.1) is 12.0 Å². The molecule has 3 rings (SSSR count). The van der Waals surface area contributed by atoms with Crippen molar-refractivity contribution in [3.05, 3.63) is 70.4 Å². The molecule has 0 atom stereocenters. The number of hydrogen-bond donors (Lipinski definition) is 1. The van der Waals surface area contributed by atoms with Crippen molar-refractivity contribution in [2.45, 2.75) is 13.5 Å². The molecule has 0 saturated carbocycles. The van der Waals surface area contributed by atoms with Gasteiger partial charge < -0.3 is 9.88 Å². The summed E-state index contributed by atoms with van der Waals surface area (Å²) >= 11 is 1.52. The first-order chi connectivity index (χ1) is 10.2. The highest BCUT2D eigenvalue weighted by molar-refractivity contribution is 7.08. The molecule has 0 radical (unpaired) electrons. The zero-order valence-corrected chi connectivity index (χ0v) is 12.4. The molecule has 2 heterocycles. The molecular formula is C16H15N3OS. The maximum atomic E-state index is 11.9. The molecule has 0 saturated heterocycles. The molecule has 2 aromatic heterocycles. The fourth-order valence-corrected chi connectivity index (χ4v) is 2.66. The number of carbonyl (C=O) groups is 1. The topological polar surface area (TPSA) is 46.9 Å². The van der Waals surface area contributed by atoms with Gasteiger partial charge in [-0.25, -0.2) is 4.98 Å². The maximum absolute atomic E-state index is 11.9. The fraction of sp³-hybridized carbons (Fsp3) is 0.125. The number of amides is 1. The van der Waals surface area contributed by atoms with Gasteiger partial charge in [-0.05, 0) is 36.1 Å². The number of carbonyl (C=O) groups excluding carboxylic acids is 1. The largest absolute Gasteiger partial charge is 0.348 e. The highest BCUT2D eigenvalue weighted by atomic mass is 32.1. The summed E-state index contributed by atoms with van der Waals surface area (Å²) < 4.78 is 1.98. The number of hydrogen-bond acceptors (Lipinski definition) is 3. The lowest BCUT2D eigenvalue weighted by Crippen LogP contribution is -2.22. The predicted octanol–water partition coefficient (Wildman–Crippen LogP) is 3.17. The summed E-state index contributed by atoms with van der Waals surface area (Å²) in [4.78, 5) is 16.1. The van der Waals surface area contributed by atoms with Crippen LogP contribution in [0.3, 0.4) is 0 Å². The second-order valence-corrected chi connectivity index (χ2v) is 5.56. The Morgan fingerprint density at radius 1 is 1.29 bits per heavy atom. The van der Waals surface area contributed by atoms with Gasteiger partial charge in [-0.1, -0.05) is 12.1 Å². The van der Waals surface area contributed by atoms with Crippen LogP contribution < -0.4 is 5.32 Å². The van der Waals surface area contributed by atoms with Crippen molar-refractivity contribution in [3.8, 4) is 5.69 Å². The lowest BCUT2D eigenvalue weighted by molar-refractivity contribution is 0.0951. The van der Waals surface area contributed by atoms with E-state index in [1.54, 1.807) is 6.33 Å². The molecular weight excluding hydrogens is 282 g/mol. The molecule has 0 aliphatic rings. The third-order valence-electron chi connectivity index (χ3n) is 3.18. The lowest BCUT2D eigenvalue weighted by atomic mass is 10.2. The van der Waals surface area contributed by atoms with Crippen LogP contribution in [0.25, 0.3) is 5.69 Å². The van der Waals surface area contributed by atoms with Crippen LogP contribution >= 0.6 is 11.3 Å². The minimum absolute atomic E-state index is 0.0365. The number of nitrogens with one attached hydrogen (secondary N) is 1. The van der Waals surface area contributed by atoms with Crippen molar-refractivity contribution in [3.63, 3.8) is 0 Å². The summed E-state index contributed by atoms with van der Waals surface area (Å²) in [6.07, 6.45) is 3.77. The number of aryl methyl sites for hydroxylation is 1. The second-order valence-electron chi connectivity index (χ2n) is 4.78. The standard InChI is InChI=1S/C16H15N3OS/c1-12-9-19(11-18-12)15-4-2-13(3-5-15)8-17-16(20)14-6-7-21-10-14/h2-7,9-11H,8H2,1H3,(H,17,20). The average Bonchev–Trinajstić information content (AvgIpc) is 3.17. The van der Waals surface area contributed by atoms with E-state index < -0.39 is 0 Å². The van der Waals surface area contributed by atoms with Gasteiger partial charge in [0.15, 0.2) is 0 Å². The summed E-state index contributed by atoms with van der Waals surface area (Å²) in [6, 6.07) is 9.89. The zero-order chi connectivity index (χ0) is 14.7. The summed E-state index contributed by atoms with van der Waals surface area (Å²) in [5, 5.41) is 6.66. The molecule has 5 heteroatoms. The van der Waals surface area contributed by atoms with Crippen molar-refractivity contribution in [2.75, 3.05) is 0 Å². The first-order valence-corrected chi connectivity index (χ1v) is 7.57. The van der Waals surface area contributed by atoms with Gasteiger partial charge in [0.2, 0.25) is 0 Å². The molecule has 0 aliphatic heterocycles. The molecule has 0 unspecified atom stereocenters. The molecule has 0 fully saturated rings. The summed E-state index contributed by atoms with van der Waals surface area (Å²) in [6.45, 7) is 2.49. The molecule has 0 aliphatic carbocycles. The molecule has 21 heavy (non-hydrogen) atoms. The van der Waals surface area contributed by atoms with E-state index in [0.717, 1.165) is 16.9 Å². The van der Waals surface area contributed by atoms with Crippen molar-refractivity contribution >= 4 is 17.2 Å². The first kappa shape index (κ1) is 13.6. The molecule has 1 aromatic carbocycles. The number of aromatic nitrogens is 2. The molecule has 0 spiro atoms. The van der Waals surface area contributed by atoms with E-state index in [-0.39, 0.29) is 5.91 Å². The van der Waals surface area contributed by atoms with Gasteiger partial charge in [0.25, 0.3) is 5.91 Å².